The van der Waals surface area contributed by atoms with Crippen LogP contribution >= 0.6 is 0 Å². The normalized spacial score (nSPS) is 25.6. The molecule has 0 aromatic carbocycles. The fourth-order valence-electron chi connectivity index (χ4n) is 2.29. The first-order chi connectivity index (χ1) is 7.92. The molecule has 2 heterocycles. The summed E-state index contributed by atoms with van der Waals surface area (Å²) in [7, 11) is 0. The molecule has 0 spiro atoms. The Bertz CT molecular complexity index is 341. The van der Waals surface area contributed by atoms with Crippen molar-refractivity contribution in [3.05, 3.63) is 12.3 Å². The van der Waals surface area contributed by atoms with E-state index in [1.54, 1.807) is 0 Å². The SMILES string of the molecule is c1cn(C2CCCCC2)nc1OCC1CO1. The van der Waals surface area contributed by atoms with E-state index in [-0.39, 0.29) is 0 Å². The summed E-state index contributed by atoms with van der Waals surface area (Å²) in [6, 6.07) is 2.54. The van der Waals surface area contributed by atoms with E-state index in [0.29, 0.717) is 18.8 Å². The zero-order chi connectivity index (χ0) is 10.8. The summed E-state index contributed by atoms with van der Waals surface area (Å²) in [6.07, 6.45) is 8.89. The number of aromatic nitrogens is 2. The molecule has 0 radical (unpaired) electrons. The molecule has 2 aliphatic rings. The number of hydrogen-bond donors (Lipinski definition) is 0. The van der Waals surface area contributed by atoms with E-state index in [4.69, 9.17) is 9.47 Å². The third-order valence-corrected chi connectivity index (χ3v) is 3.35. The predicted octanol–water partition coefficient (Wildman–Crippen LogP) is 2.17. The van der Waals surface area contributed by atoms with Gasteiger partial charge in [0.1, 0.15) is 12.7 Å². The molecule has 1 saturated carbocycles. The Morgan fingerprint density at radius 1 is 1.38 bits per heavy atom. The van der Waals surface area contributed by atoms with E-state index in [9.17, 15) is 0 Å². The van der Waals surface area contributed by atoms with Gasteiger partial charge in [-0.3, -0.25) is 4.68 Å². The van der Waals surface area contributed by atoms with Crippen LogP contribution in [0.5, 0.6) is 5.88 Å². The molecule has 4 heteroatoms. The Hall–Kier alpha value is -1.03. The summed E-state index contributed by atoms with van der Waals surface area (Å²) in [6.45, 7) is 1.48. The summed E-state index contributed by atoms with van der Waals surface area (Å²) in [5, 5.41) is 4.47. The lowest BCUT2D eigenvalue weighted by molar-refractivity contribution is 0.247. The fourth-order valence-corrected chi connectivity index (χ4v) is 2.29. The van der Waals surface area contributed by atoms with E-state index in [0.717, 1.165) is 12.5 Å². The summed E-state index contributed by atoms with van der Waals surface area (Å²) >= 11 is 0. The topological polar surface area (TPSA) is 39.6 Å². The lowest BCUT2D eigenvalue weighted by Crippen LogP contribution is -2.13. The van der Waals surface area contributed by atoms with E-state index < -0.39 is 0 Å². The molecule has 0 bridgehead atoms. The zero-order valence-electron chi connectivity index (χ0n) is 9.47. The van der Waals surface area contributed by atoms with Crippen molar-refractivity contribution in [1.82, 2.24) is 9.78 Å². The minimum Gasteiger partial charge on any atom is -0.474 e. The highest BCUT2D eigenvalue weighted by molar-refractivity contribution is 5.06. The molecule has 0 amide bonds. The van der Waals surface area contributed by atoms with Crippen molar-refractivity contribution in [2.75, 3.05) is 13.2 Å². The van der Waals surface area contributed by atoms with Gasteiger partial charge in [0.15, 0.2) is 0 Å². The van der Waals surface area contributed by atoms with E-state index in [1.165, 1.54) is 32.1 Å². The van der Waals surface area contributed by atoms with Gasteiger partial charge in [-0.05, 0) is 12.8 Å². The van der Waals surface area contributed by atoms with E-state index in [2.05, 4.69) is 9.78 Å². The zero-order valence-corrected chi connectivity index (χ0v) is 9.47. The highest BCUT2D eigenvalue weighted by Crippen LogP contribution is 2.28. The van der Waals surface area contributed by atoms with E-state index in [1.807, 2.05) is 12.3 Å². The van der Waals surface area contributed by atoms with Gasteiger partial charge in [-0.2, -0.15) is 0 Å². The Morgan fingerprint density at radius 2 is 2.19 bits per heavy atom. The number of nitrogens with zero attached hydrogens (tertiary/aromatic N) is 2. The molecule has 0 N–H and O–H groups in total. The minimum atomic E-state index is 0.305. The standard InChI is InChI=1S/C12H18N2O2/c1-2-4-10(5-3-1)14-7-6-12(13-14)16-9-11-8-15-11/h6-7,10-11H,1-5,8-9H2. The molecule has 1 saturated heterocycles. The molecular formula is C12H18N2O2. The second-order valence-electron chi connectivity index (χ2n) is 4.69. The van der Waals surface area contributed by atoms with Gasteiger partial charge in [0, 0.05) is 12.3 Å². The molecule has 88 valence electrons. The van der Waals surface area contributed by atoms with Crippen molar-refractivity contribution in [2.45, 2.75) is 44.2 Å². The first-order valence-corrected chi connectivity index (χ1v) is 6.21. The largest absolute Gasteiger partial charge is 0.474 e. The Labute approximate surface area is 95.5 Å². The second kappa shape index (κ2) is 4.45. The molecule has 1 aromatic rings. The number of ether oxygens (including phenoxy) is 2. The molecular weight excluding hydrogens is 204 g/mol. The van der Waals surface area contributed by atoms with Gasteiger partial charge in [0.25, 0.3) is 0 Å². The Kier molecular flexibility index (Phi) is 2.82. The molecule has 2 fully saturated rings. The molecule has 1 aromatic heterocycles. The first kappa shape index (κ1) is 10.1. The van der Waals surface area contributed by atoms with Gasteiger partial charge in [-0.25, -0.2) is 0 Å². The van der Waals surface area contributed by atoms with Crippen LogP contribution in [0.4, 0.5) is 0 Å². The van der Waals surface area contributed by atoms with Crippen LogP contribution in [-0.4, -0.2) is 29.1 Å². The average molecular weight is 222 g/mol. The van der Waals surface area contributed by atoms with Crippen LogP contribution < -0.4 is 4.74 Å². The molecule has 3 rings (SSSR count). The smallest absolute Gasteiger partial charge is 0.232 e. The monoisotopic (exact) mass is 222 g/mol. The van der Waals surface area contributed by atoms with Gasteiger partial charge in [0.2, 0.25) is 5.88 Å². The van der Waals surface area contributed by atoms with Crippen LogP contribution in [0.2, 0.25) is 0 Å². The molecule has 16 heavy (non-hydrogen) atoms. The summed E-state index contributed by atoms with van der Waals surface area (Å²) in [4.78, 5) is 0. The molecule has 1 aliphatic heterocycles. The highest BCUT2D eigenvalue weighted by atomic mass is 16.6. The van der Waals surface area contributed by atoms with Gasteiger partial charge in [-0.15, -0.1) is 5.10 Å². The van der Waals surface area contributed by atoms with E-state index >= 15 is 0 Å². The van der Waals surface area contributed by atoms with Crippen LogP contribution in [0, 0.1) is 0 Å². The number of epoxide rings is 1. The third-order valence-electron chi connectivity index (χ3n) is 3.35. The van der Waals surface area contributed by atoms with Gasteiger partial charge in [0.05, 0.1) is 12.6 Å². The third kappa shape index (κ3) is 2.38. The van der Waals surface area contributed by atoms with Gasteiger partial charge >= 0.3 is 0 Å². The van der Waals surface area contributed by atoms with Crippen LogP contribution in [-0.2, 0) is 4.74 Å². The lowest BCUT2D eigenvalue weighted by Gasteiger charge is -2.21. The predicted molar refractivity (Wildman–Crippen MR) is 59.6 cm³/mol. The molecule has 1 unspecified atom stereocenters. The Morgan fingerprint density at radius 3 is 2.94 bits per heavy atom. The Balaban J connectivity index is 1.57. The van der Waals surface area contributed by atoms with Crippen molar-refractivity contribution in [1.29, 1.82) is 0 Å². The van der Waals surface area contributed by atoms with Gasteiger partial charge < -0.3 is 9.47 Å². The number of rotatable bonds is 4. The second-order valence-corrected chi connectivity index (χ2v) is 4.69. The van der Waals surface area contributed by atoms with Crippen molar-refractivity contribution in [3.8, 4) is 5.88 Å². The van der Waals surface area contributed by atoms with Crippen LogP contribution in [0.15, 0.2) is 12.3 Å². The lowest BCUT2D eigenvalue weighted by atomic mass is 9.96. The summed E-state index contributed by atoms with van der Waals surface area (Å²) in [5.74, 6) is 0.737. The summed E-state index contributed by atoms with van der Waals surface area (Å²) in [5.41, 5.74) is 0. The number of hydrogen-bond acceptors (Lipinski definition) is 3. The van der Waals surface area contributed by atoms with Crippen LogP contribution in [0.1, 0.15) is 38.1 Å². The van der Waals surface area contributed by atoms with Crippen molar-refractivity contribution in [3.63, 3.8) is 0 Å². The molecule has 1 atom stereocenters. The maximum Gasteiger partial charge on any atom is 0.232 e. The first-order valence-electron chi connectivity index (χ1n) is 6.21. The van der Waals surface area contributed by atoms with Crippen LogP contribution in [0.3, 0.4) is 0 Å². The fraction of sp³-hybridized carbons (Fsp3) is 0.750. The average Bonchev–Trinajstić information content (AvgIpc) is 3.05. The highest BCUT2D eigenvalue weighted by Gasteiger charge is 2.23. The maximum atomic E-state index is 5.54. The van der Waals surface area contributed by atoms with Crippen molar-refractivity contribution in [2.24, 2.45) is 0 Å². The van der Waals surface area contributed by atoms with Crippen LogP contribution in [0.25, 0.3) is 0 Å². The van der Waals surface area contributed by atoms with Crippen molar-refractivity contribution < 1.29 is 9.47 Å². The van der Waals surface area contributed by atoms with Gasteiger partial charge in [-0.1, -0.05) is 19.3 Å². The maximum absolute atomic E-state index is 5.54. The van der Waals surface area contributed by atoms with Crippen molar-refractivity contribution >= 4 is 0 Å². The molecule has 4 nitrogen and oxygen atoms in total. The molecule has 1 aliphatic carbocycles. The minimum absolute atomic E-state index is 0.305. The quantitative estimate of drug-likeness (QED) is 0.733. The summed E-state index contributed by atoms with van der Waals surface area (Å²) < 4.78 is 12.7.